The number of methoxy groups -OCH3 is 1. The molecule has 3 aromatic rings. The number of nitrogens with two attached hydrogens (primary N) is 1. The number of hydrogen-bond donors (Lipinski definition) is 2. The number of pyridine rings is 1. The fourth-order valence-electron chi connectivity index (χ4n) is 6.88. The highest BCUT2D eigenvalue weighted by Crippen LogP contribution is 2.52. The van der Waals surface area contributed by atoms with Crippen molar-refractivity contribution >= 4 is 51.7 Å². The third-order valence-electron chi connectivity index (χ3n) is 9.74. The van der Waals surface area contributed by atoms with E-state index >= 15 is 0 Å². The Labute approximate surface area is 301 Å². The van der Waals surface area contributed by atoms with Gasteiger partial charge in [-0.25, -0.2) is 14.8 Å². The zero-order valence-corrected chi connectivity index (χ0v) is 30.9. The fraction of sp³-hybridized carbons (Fsp3) is 0.583. The van der Waals surface area contributed by atoms with Crippen molar-refractivity contribution in [3.63, 3.8) is 0 Å². The largest absolute Gasteiger partial charge is 0.490 e. The number of halogens is 1. The number of amides is 3. The highest BCUT2D eigenvalue weighted by Gasteiger charge is 2.48. The predicted octanol–water partition coefficient (Wildman–Crippen LogP) is 5.93. The van der Waals surface area contributed by atoms with Crippen LogP contribution in [0.1, 0.15) is 71.9 Å². The van der Waals surface area contributed by atoms with E-state index in [0.29, 0.717) is 63.2 Å². The van der Waals surface area contributed by atoms with Gasteiger partial charge < -0.3 is 34.9 Å². The van der Waals surface area contributed by atoms with Crippen molar-refractivity contribution in [3.05, 3.63) is 34.3 Å². The maximum atomic E-state index is 14.2. The van der Waals surface area contributed by atoms with E-state index in [1.165, 1.54) is 22.7 Å². The lowest BCUT2D eigenvalue weighted by molar-refractivity contribution is -0.141. The van der Waals surface area contributed by atoms with Crippen LogP contribution in [0.4, 0.5) is 4.79 Å². The Morgan fingerprint density at radius 2 is 1.80 bits per heavy atom. The molecule has 3 aliphatic rings. The van der Waals surface area contributed by atoms with Gasteiger partial charge in [0.25, 0.3) is 0 Å². The van der Waals surface area contributed by atoms with Crippen LogP contribution in [0.25, 0.3) is 21.6 Å². The Kier molecular flexibility index (Phi) is 10.5. The maximum Gasteiger partial charge on any atom is 0.408 e. The number of aromatic nitrogens is 2. The normalized spacial score (nSPS) is 23.5. The number of hydrogen-bond acceptors (Lipinski definition) is 10. The number of ether oxygens (including phenoxy) is 4. The Balaban J connectivity index is 1.27. The molecular formula is C36H46ClN5O7S. The second-order valence-electron chi connectivity index (χ2n) is 14.9. The van der Waals surface area contributed by atoms with E-state index in [-0.39, 0.29) is 25.0 Å². The van der Waals surface area contributed by atoms with Crippen molar-refractivity contribution in [1.29, 1.82) is 0 Å². The van der Waals surface area contributed by atoms with Gasteiger partial charge in [0.15, 0.2) is 0 Å². The average Bonchev–Trinajstić information content (AvgIpc) is 3.43. The summed E-state index contributed by atoms with van der Waals surface area (Å²) in [6.45, 7) is 10.5. The third-order valence-corrected chi connectivity index (χ3v) is 11.0. The summed E-state index contributed by atoms with van der Waals surface area (Å²) in [4.78, 5) is 51.0. The highest BCUT2D eigenvalue weighted by molar-refractivity contribution is 7.13. The minimum absolute atomic E-state index is 0.0710. The second kappa shape index (κ2) is 14.5. The lowest BCUT2D eigenvalue weighted by Crippen LogP contribution is -2.57. The Bertz CT molecular complexity index is 1750. The first-order valence-electron chi connectivity index (χ1n) is 17.2. The van der Waals surface area contributed by atoms with Crippen molar-refractivity contribution in [2.24, 2.45) is 23.0 Å². The quantitative estimate of drug-likeness (QED) is 0.216. The number of carbonyl (C=O) groups is 3. The maximum absolute atomic E-state index is 14.2. The molecule has 3 amide bonds. The van der Waals surface area contributed by atoms with Gasteiger partial charge in [-0.05, 0) is 54.6 Å². The summed E-state index contributed by atoms with van der Waals surface area (Å²) < 4.78 is 23.3. The standard InChI is InChI=1S/C36H46ClN5O7S/c1-18(2)25-17-50-33(40-25)24-15-28(23-7-8-27(47-10-9-46-6)29(37)30(23)39-24)48-22-14-26(32(38)43)42(16-22)34(44)31(36(3,4)5)41-35(45)49-21-12-19-11-20(19)13-21/h7-8,15,17-22,26,31H,9-14,16H2,1-6H3,(H2,38,43)(H,41,45)/t19-,20+,21?,22?,26-,31+/m0/s1. The van der Waals surface area contributed by atoms with Gasteiger partial charge in [-0.2, -0.15) is 0 Å². The molecule has 50 heavy (non-hydrogen) atoms. The molecule has 2 unspecified atom stereocenters. The van der Waals surface area contributed by atoms with Crippen LogP contribution >= 0.6 is 22.9 Å². The molecule has 270 valence electrons. The van der Waals surface area contributed by atoms with Crippen LogP contribution in [-0.2, 0) is 19.1 Å². The molecule has 3 fully saturated rings. The van der Waals surface area contributed by atoms with E-state index in [0.717, 1.165) is 18.5 Å². The van der Waals surface area contributed by atoms with E-state index < -0.39 is 41.5 Å². The SMILES string of the molecule is COCCOc1ccc2c(OC3C[C@@H](C(N)=O)N(C(=O)[C@@H](NC(=O)OC4C[C@@H]5C[C@@H]5C4)C(C)(C)C)C3)cc(-c3nc(C(C)C)cs3)nc2c1Cl. The summed E-state index contributed by atoms with van der Waals surface area (Å²) in [6, 6.07) is 3.47. The van der Waals surface area contributed by atoms with Crippen molar-refractivity contribution in [3.8, 4) is 22.2 Å². The van der Waals surface area contributed by atoms with Gasteiger partial charge in [0, 0.05) is 30.4 Å². The fourth-order valence-corrected chi connectivity index (χ4v) is 8.08. The van der Waals surface area contributed by atoms with Gasteiger partial charge >= 0.3 is 6.09 Å². The smallest absolute Gasteiger partial charge is 0.408 e. The van der Waals surface area contributed by atoms with Gasteiger partial charge in [0.1, 0.15) is 58.1 Å². The van der Waals surface area contributed by atoms with Crippen LogP contribution < -0.4 is 20.5 Å². The molecular weight excluding hydrogens is 682 g/mol. The third kappa shape index (κ3) is 7.79. The monoisotopic (exact) mass is 727 g/mol. The van der Waals surface area contributed by atoms with Crippen LogP contribution in [0.15, 0.2) is 23.6 Å². The molecule has 0 bridgehead atoms. The van der Waals surface area contributed by atoms with Gasteiger partial charge in [-0.15, -0.1) is 11.3 Å². The molecule has 2 saturated carbocycles. The van der Waals surface area contributed by atoms with Crippen molar-refractivity contribution < 1.29 is 33.3 Å². The van der Waals surface area contributed by atoms with Crippen molar-refractivity contribution in [2.45, 2.75) is 90.5 Å². The van der Waals surface area contributed by atoms with E-state index in [2.05, 4.69) is 19.2 Å². The van der Waals surface area contributed by atoms with Crippen LogP contribution in [-0.4, -0.2) is 83.9 Å². The highest BCUT2D eigenvalue weighted by atomic mass is 35.5. The summed E-state index contributed by atoms with van der Waals surface area (Å²) in [5.74, 6) is 1.34. The number of carbonyl (C=O) groups excluding carboxylic acids is 3. The Morgan fingerprint density at radius 3 is 2.44 bits per heavy atom. The van der Waals surface area contributed by atoms with Crippen LogP contribution in [0, 0.1) is 17.3 Å². The Morgan fingerprint density at radius 1 is 1.06 bits per heavy atom. The predicted molar refractivity (Wildman–Crippen MR) is 191 cm³/mol. The molecule has 2 aromatic heterocycles. The van der Waals surface area contributed by atoms with Crippen LogP contribution in [0.5, 0.6) is 11.5 Å². The van der Waals surface area contributed by atoms with Gasteiger partial charge in [0.2, 0.25) is 11.8 Å². The molecule has 2 aliphatic carbocycles. The van der Waals surface area contributed by atoms with Crippen LogP contribution in [0.3, 0.4) is 0 Å². The van der Waals surface area contributed by atoms with Gasteiger partial charge in [-0.1, -0.05) is 46.2 Å². The molecule has 14 heteroatoms. The van der Waals surface area contributed by atoms with E-state index in [1.54, 1.807) is 19.2 Å². The van der Waals surface area contributed by atoms with Gasteiger partial charge in [0.05, 0.1) is 24.4 Å². The molecule has 12 nitrogen and oxygen atoms in total. The summed E-state index contributed by atoms with van der Waals surface area (Å²) in [7, 11) is 1.59. The second-order valence-corrected chi connectivity index (χ2v) is 16.2. The number of benzene rings is 1. The molecule has 6 rings (SSSR count). The number of nitrogens with zero attached hydrogens (tertiary/aromatic N) is 3. The van der Waals surface area contributed by atoms with E-state index in [9.17, 15) is 14.4 Å². The van der Waals surface area contributed by atoms with Crippen LogP contribution in [0.2, 0.25) is 5.02 Å². The lowest BCUT2D eigenvalue weighted by atomic mass is 9.85. The number of fused-ring (bicyclic) bond motifs is 2. The number of likely N-dealkylation sites (tertiary alicyclic amines) is 1. The molecule has 3 heterocycles. The van der Waals surface area contributed by atoms with Crippen molar-refractivity contribution in [1.82, 2.24) is 20.2 Å². The van der Waals surface area contributed by atoms with Crippen molar-refractivity contribution in [2.75, 3.05) is 26.9 Å². The lowest BCUT2D eigenvalue weighted by Gasteiger charge is -2.35. The molecule has 6 atom stereocenters. The minimum atomic E-state index is -0.963. The van der Waals surface area contributed by atoms with E-state index in [1.807, 2.05) is 32.2 Å². The number of nitrogens with one attached hydrogen (secondary N) is 1. The molecule has 1 saturated heterocycles. The summed E-state index contributed by atoms with van der Waals surface area (Å²) in [5.41, 5.74) is 7.14. The number of thiazole rings is 1. The molecule has 0 spiro atoms. The molecule has 3 N–H and O–H groups in total. The summed E-state index contributed by atoms with van der Waals surface area (Å²) >= 11 is 8.35. The number of rotatable bonds is 12. The first-order valence-corrected chi connectivity index (χ1v) is 18.4. The molecule has 0 radical (unpaired) electrons. The van der Waals surface area contributed by atoms with E-state index in [4.69, 9.17) is 46.3 Å². The number of primary amides is 1. The minimum Gasteiger partial charge on any atom is -0.490 e. The zero-order chi connectivity index (χ0) is 35.9. The first kappa shape index (κ1) is 36.1. The molecule has 1 aliphatic heterocycles. The number of alkyl carbamates (subject to hydrolysis) is 1. The average molecular weight is 728 g/mol. The van der Waals surface area contributed by atoms with Gasteiger partial charge in [-0.3, -0.25) is 9.59 Å². The Hall–Kier alpha value is -3.68. The summed E-state index contributed by atoms with van der Waals surface area (Å²) in [5, 5.41) is 6.44. The molecule has 1 aromatic carbocycles. The summed E-state index contributed by atoms with van der Waals surface area (Å²) in [6.07, 6.45) is 1.71. The zero-order valence-electron chi connectivity index (χ0n) is 29.4. The first-order chi connectivity index (χ1) is 23.7. The topological polar surface area (TPSA) is 155 Å².